The Kier molecular flexibility index (Phi) is 8.10. The molecule has 2 saturated heterocycles. The number of carbonyl (C=O) groups is 1. The molecule has 22 heavy (non-hydrogen) atoms. The molecule has 2 heterocycles. The minimum atomic E-state index is -3.17. The topological polar surface area (TPSA) is 83.7 Å². The lowest BCUT2D eigenvalue weighted by Crippen LogP contribution is -2.47. The number of piperidine rings is 1. The summed E-state index contributed by atoms with van der Waals surface area (Å²) in [5.41, 5.74) is 5.72. The van der Waals surface area contributed by atoms with Crippen molar-refractivity contribution in [2.24, 2.45) is 5.73 Å². The van der Waals surface area contributed by atoms with Crippen LogP contribution in [0, 0.1) is 0 Å². The second-order valence-corrected chi connectivity index (χ2v) is 8.09. The minimum Gasteiger partial charge on any atom is -0.338 e. The monoisotopic (exact) mass is 353 g/mol. The lowest BCUT2D eigenvalue weighted by atomic mass is 10.0. The van der Waals surface area contributed by atoms with Crippen LogP contribution < -0.4 is 5.73 Å². The molecule has 8 heteroatoms. The van der Waals surface area contributed by atoms with Crippen molar-refractivity contribution in [1.82, 2.24) is 9.21 Å². The maximum atomic E-state index is 12.2. The summed E-state index contributed by atoms with van der Waals surface area (Å²) in [5.74, 6) is 0.140. The molecule has 0 aromatic heterocycles. The van der Waals surface area contributed by atoms with Crippen molar-refractivity contribution >= 4 is 28.3 Å². The number of amides is 1. The zero-order valence-electron chi connectivity index (χ0n) is 13.1. The highest BCUT2D eigenvalue weighted by Crippen LogP contribution is 2.18. The minimum absolute atomic E-state index is 0. The van der Waals surface area contributed by atoms with Gasteiger partial charge in [-0.25, -0.2) is 12.7 Å². The molecule has 2 N–H and O–H groups in total. The van der Waals surface area contributed by atoms with Crippen molar-refractivity contribution in [2.75, 3.05) is 31.9 Å². The van der Waals surface area contributed by atoms with E-state index in [2.05, 4.69) is 0 Å². The number of carbonyl (C=O) groups excluding carboxylic acids is 1. The van der Waals surface area contributed by atoms with Crippen molar-refractivity contribution in [1.29, 1.82) is 0 Å². The van der Waals surface area contributed by atoms with E-state index in [1.807, 2.05) is 4.90 Å². The standard InChI is InChI=1S/C14H27N3O3S.ClH/c15-12-13-6-1-2-10-17(13)14(18)7-5-11-21(19,20)16-8-3-4-9-16;/h13H,1-12,15H2;1H. The highest BCUT2D eigenvalue weighted by atomic mass is 35.5. The molecule has 1 atom stereocenters. The number of nitrogens with two attached hydrogens (primary N) is 1. The number of halogens is 1. The predicted octanol–water partition coefficient (Wildman–Crippen LogP) is 0.954. The van der Waals surface area contributed by atoms with Crippen molar-refractivity contribution in [3.63, 3.8) is 0 Å². The molecule has 0 saturated carbocycles. The van der Waals surface area contributed by atoms with Gasteiger partial charge in [-0.3, -0.25) is 4.79 Å². The molecule has 6 nitrogen and oxygen atoms in total. The number of sulfonamides is 1. The third-order valence-corrected chi connectivity index (χ3v) is 6.43. The van der Waals surface area contributed by atoms with Crippen LogP contribution in [-0.4, -0.2) is 61.5 Å². The number of likely N-dealkylation sites (tertiary alicyclic amines) is 1. The summed E-state index contributed by atoms with van der Waals surface area (Å²) < 4.78 is 25.7. The second kappa shape index (κ2) is 9.05. The van der Waals surface area contributed by atoms with E-state index in [1.165, 1.54) is 0 Å². The normalized spacial score (nSPS) is 23.3. The Morgan fingerprint density at radius 1 is 1.09 bits per heavy atom. The number of rotatable bonds is 6. The first-order valence-electron chi connectivity index (χ1n) is 8.02. The fourth-order valence-electron chi connectivity index (χ4n) is 3.22. The Hall–Kier alpha value is -0.370. The predicted molar refractivity (Wildman–Crippen MR) is 89.5 cm³/mol. The van der Waals surface area contributed by atoms with Gasteiger partial charge in [0, 0.05) is 38.6 Å². The fourth-order valence-corrected chi connectivity index (χ4v) is 4.80. The summed E-state index contributed by atoms with van der Waals surface area (Å²) in [6, 6.07) is 0.140. The molecule has 2 aliphatic heterocycles. The van der Waals surface area contributed by atoms with Crippen LogP contribution in [0.4, 0.5) is 0 Å². The van der Waals surface area contributed by atoms with E-state index in [0.717, 1.165) is 38.6 Å². The quantitative estimate of drug-likeness (QED) is 0.770. The molecule has 0 aromatic rings. The molecule has 0 aliphatic carbocycles. The van der Waals surface area contributed by atoms with E-state index in [9.17, 15) is 13.2 Å². The zero-order chi connectivity index (χ0) is 15.3. The Labute approximate surface area is 139 Å². The van der Waals surface area contributed by atoms with Crippen LogP contribution in [0.5, 0.6) is 0 Å². The lowest BCUT2D eigenvalue weighted by molar-refractivity contribution is -0.134. The van der Waals surface area contributed by atoms with Gasteiger partial charge in [0.2, 0.25) is 15.9 Å². The van der Waals surface area contributed by atoms with Crippen LogP contribution in [0.15, 0.2) is 0 Å². The van der Waals surface area contributed by atoms with E-state index in [-0.39, 0.29) is 30.1 Å². The molecule has 2 rings (SSSR count). The first-order chi connectivity index (χ1) is 10.0. The molecule has 0 spiro atoms. The van der Waals surface area contributed by atoms with Gasteiger partial charge in [-0.2, -0.15) is 0 Å². The Morgan fingerprint density at radius 3 is 2.36 bits per heavy atom. The first-order valence-corrected chi connectivity index (χ1v) is 9.63. The molecule has 1 unspecified atom stereocenters. The largest absolute Gasteiger partial charge is 0.338 e. The highest BCUT2D eigenvalue weighted by molar-refractivity contribution is 7.89. The Balaban J connectivity index is 0.00000242. The molecule has 0 aromatic carbocycles. The number of hydrogen-bond acceptors (Lipinski definition) is 4. The molecule has 2 fully saturated rings. The van der Waals surface area contributed by atoms with Gasteiger partial charge >= 0.3 is 0 Å². The number of hydrogen-bond donors (Lipinski definition) is 1. The van der Waals surface area contributed by atoms with Gasteiger partial charge in [0.25, 0.3) is 0 Å². The van der Waals surface area contributed by atoms with Crippen molar-refractivity contribution in [3.05, 3.63) is 0 Å². The van der Waals surface area contributed by atoms with E-state index in [1.54, 1.807) is 4.31 Å². The molecular weight excluding hydrogens is 326 g/mol. The van der Waals surface area contributed by atoms with Crippen molar-refractivity contribution < 1.29 is 13.2 Å². The summed E-state index contributed by atoms with van der Waals surface area (Å²) >= 11 is 0. The van der Waals surface area contributed by atoms with Gasteiger partial charge in [0.1, 0.15) is 0 Å². The molecule has 130 valence electrons. The maximum Gasteiger partial charge on any atom is 0.222 e. The van der Waals surface area contributed by atoms with Crippen LogP contribution in [0.25, 0.3) is 0 Å². The van der Waals surface area contributed by atoms with Gasteiger partial charge in [0.05, 0.1) is 5.75 Å². The summed E-state index contributed by atoms with van der Waals surface area (Å²) in [4.78, 5) is 14.1. The van der Waals surface area contributed by atoms with E-state index in [0.29, 0.717) is 32.5 Å². The summed E-state index contributed by atoms with van der Waals surface area (Å²) in [6.45, 7) is 2.53. The summed E-state index contributed by atoms with van der Waals surface area (Å²) in [5, 5.41) is 0. The first kappa shape index (κ1) is 19.7. The number of nitrogens with zero attached hydrogens (tertiary/aromatic N) is 2. The SMILES string of the molecule is Cl.NCC1CCCCN1C(=O)CCCS(=O)(=O)N1CCCC1. The third-order valence-electron chi connectivity index (χ3n) is 4.47. The van der Waals surface area contributed by atoms with Gasteiger partial charge in [-0.1, -0.05) is 0 Å². The lowest BCUT2D eigenvalue weighted by Gasteiger charge is -2.35. The van der Waals surface area contributed by atoms with Crippen LogP contribution in [0.1, 0.15) is 44.9 Å². The second-order valence-electron chi connectivity index (χ2n) is 6.00. The molecular formula is C14H28ClN3O3S. The van der Waals surface area contributed by atoms with Crippen molar-refractivity contribution in [2.45, 2.75) is 51.0 Å². The zero-order valence-corrected chi connectivity index (χ0v) is 14.7. The third kappa shape index (κ3) is 5.08. The average molecular weight is 354 g/mol. The molecule has 2 aliphatic rings. The Bertz CT molecular complexity index is 452. The van der Waals surface area contributed by atoms with E-state index < -0.39 is 10.0 Å². The molecule has 1 amide bonds. The van der Waals surface area contributed by atoms with Crippen LogP contribution in [0.3, 0.4) is 0 Å². The van der Waals surface area contributed by atoms with E-state index >= 15 is 0 Å². The Morgan fingerprint density at radius 2 is 1.73 bits per heavy atom. The van der Waals surface area contributed by atoms with Gasteiger partial charge < -0.3 is 10.6 Å². The van der Waals surface area contributed by atoms with Crippen LogP contribution >= 0.6 is 12.4 Å². The smallest absolute Gasteiger partial charge is 0.222 e. The van der Waals surface area contributed by atoms with Gasteiger partial charge in [0.15, 0.2) is 0 Å². The van der Waals surface area contributed by atoms with E-state index in [4.69, 9.17) is 5.73 Å². The fraction of sp³-hybridized carbons (Fsp3) is 0.929. The maximum absolute atomic E-state index is 12.2. The summed E-state index contributed by atoms with van der Waals surface area (Å²) in [7, 11) is -3.17. The van der Waals surface area contributed by atoms with Crippen molar-refractivity contribution in [3.8, 4) is 0 Å². The van der Waals surface area contributed by atoms with Gasteiger partial charge in [-0.15, -0.1) is 12.4 Å². The van der Waals surface area contributed by atoms with Crippen LogP contribution in [-0.2, 0) is 14.8 Å². The summed E-state index contributed by atoms with van der Waals surface area (Å²) in [6.07, 6.45) is 5.72. The highest BCUT2D eigenvalue weighted by Gasteiger charge is 2.27. The molecule has 0 radical (unpaired) electrons. The van der Waals surface area contributed by atoms with Crippen LogP contribution in [0.2, 0.25) is 0 Å². The van der Waals surface area contributed by atoms with Gasteiger partial charge in [-0.05, 0) is 38.5 Å². The average Bonchev–Trinajstić information content (AvgIpc) is 3.02. The molecule has 0 bridgehead atoms.